The molecule has 1 aromatic carbocycles. The van der Waals surface area contributed by atoms with Crippen LogP contribution in [0.3, 0.4) is 0 Å². The van der Waals surface area contributed by atoms with Crippen molar-refractivity contribution in [3.8, 4) is 0 Å². The number of aliphatic imine (C=N–C) groups is 1. The van der Waals surface area contributed by atoms with Gasteiger partial charge in [0.05, 0.1) is 11.4 Å². The van der Waals surface area contributed by atoms with E-state index in [0.29, 0.717) is 4.99 Å². The van der Waals surface area contributed by atoms with Gasteiger partial charge < -0.3 is 10.3 Å². The van der Waals surface area contributed by atoms with Crippen molar-refractivity contribution >= 4 is 46.3 Å². The molecule has 5 nitrogen and oxygen atoms in total. The number of allylic oxidation sites excluding steroid dienone is 3. The van der Waals surface area contributed by atoms with Gasteiger partial charge in [-0.1, -0.05) is 18.3 Å². The number of amides is 1. The van der Waals surface area contributed by atoms with E-state index < -0.39 is 0 Å². The molecule has 2 aliphatic heterocycles. The molecular formula is C20H16N4OS. The fourth-order valence-corrected chi connectivity index (χ4v) is 3.32. The minimum Gasteiger partial charge on any atom is -0.361 e. The third kappa shape index (κ3) is 2.91. The third-order valence-electron chi connectivity index (χ3n) is 4.10. The van der Waals surface area contributed by atoms with Gasteiger partial charge in [0, 0.05) is 42.0 Å². The maximum absolute atomic E-state index is 11.4. The lowest BCUT2D eigenvalue weighted by Gasteiger charge is -2.22. The van der Waals surface area contributed by atoms with Crippen LogP contribution in [0.4, 0.5) is 11.4 Å². The molecule has 1 aromatic heterocycles. The Hall–Kier alpha value is -3.25. The Morgan fingerprint density at radius 1 is 1.23 bits per heavy atom. The van der Waals surface area contributed by atoms with E-state index in [9.17, 15) is 4.79 Å². The molecule has 0 aliphatic carbocycles. The monoisotopic (exact) mass is 360 g/mol. The lowest BCUT2D eigenvalue weighted by atomic mass is 10.1. The van der Waals surface area contributed by atoms with Gasteiger partial charge in [-0.3, -0.25) is 14.7 Å². The van der Waals surface area contributed by atoms with Crippen LogP contribution in [-0.4, -0.2) is 22.1 Å². The summed E-state index contributed by atoms with van der Waals surface area (Å²) in [5, 5.41) is 2.81. The standard InChI is InChI=1S/C20H16N4OS/c1-13(25)23-14-4-2-5-15(12-14)24-18(7-8-19(24)26)20-16(9-11-22-20)17-6-3-10-21-17/h2-12,21H,1H3,(H,23,25). The summed E-state index contributed by atoms with van der Waals surface area (Å²) in [6, 6.07) is 11.6. The number of aromatic amines is 1. The second kappa shape index (κ2) is 6.57. The first kappa shape index (κ1) is 16.2. The van der Waals surface area contributed by atoms with Crippen LogP contribution < -0.4 is 10.2 Å². The Kier molecular flexibility index (Phi) is 4.10. The first-order valence-corrected chi connectivity index (χ1v) is 8.57. The first-order valence-electron chi connectivity index (χ1n) is 8.16. The predicted molar refractivity (Wildman–Crippen MR) is 109 cm³/mol. The van der Waals surface area contributed by atoms with Gasteiger partial charge in [0.1, 0.15) is 4.99 Å². The van der Waals surface area contributed by atoms with Crippen LogP contribution in [0, 0.1) is 0 Å². The number of aromatic nitrogens is 1. The van der Waals surface area contributed by atoms with Gasteiger partial charge in [-0.05, 0) is 48.6 Å². The second-order valence-corrected chi connectivity index (χ2v) is 6.33. The minimum absolute atomic E-state index is 0.111. The van der Waals surface area contributed by atoms with Crippen molar-refractivity contribution in [3.05, 3.63) is 77.9 Å². The van der Waals surface area contributed by atoms with Crippen molar-refractivity contribution in [2.24, 2.45) is 4.99 Å². The lowest BCUT2D eigenvalue weighted by Crippen LogP contribution is -2.23. The van der Waals surface area contributed by atoms with Gasteiger partial charge in [0.2, 0.25) is 5.91 Å². The molecule has 0 spiro atoms. The smallest absolute Gasteiger partial charge is 0.221 e. The molecule has 0 radical (unpaired) electrons. The number of anilines is 2. The Morgan fingerprint density at radius 3 is 2.88 bits per heavy atom. The molecule has 128 valence electrons. The summed E-state index contributed by atoms with van der Waals surface area (Å²) in [5.74, 6) is -0.111. The van der Waals surface area contributed by atoms with E-state index in [2.05, 4.69) is 15.3 Å². The highest BCUT2D eigenvalue weighted by atomic mass is 32.1. The van der Waals surface area contributed by atoms with E-state index in [1.54, 1.807) is 6.21 Å². The van der Waals surface area contributed by atoms with Crippen molar-refractivity contribution in [3.63, 3.8) is 0 Å². The van der Waals surface area contributed by atoms with E-state index in [1.807, 2.05) is 65.7 Å². The molecule has 2 N–H and O–H groups in total. The molecule has 2 aliphatic rings. The third-order valence-corrected chi connectivity index (χ3v) is 4.42. The van der Waals surface area contributed by atoms with E-state index in [-0.39, 0.29) is 5.91 Å². The maximum atomic E-state index is 11.4. The number of nitrogens with zero attached hydrogens (tertiary/aromatic N) is 2. The summed E-state index contributed by atoms with van der Waals surface area (Å²) in [7, 11) is 0. The van der Waals surface area contributed by atoms with Crippen LogP contribution in [0.25, 0.3) is 5.57 Å². The highest BCUT2D eigenvalue weighted by molar-refractivity contribution is 7.81. The van der Waals surface area contributed by atoms with Crippen molar-refractivity contribution in [1.82, 2.24) is 4.98 Å². The van der Waals surface area contributed by atoms with Crippen LogP contribution in [-0.2, 0) is 4.79 Å². The van der Waals surface area contributed by atoms with Gasteiger partial charge in [-0.15, -0.1) is 0 Å². The van der Waals surface area contributed by atoms with Crippen LogP contribution in [0.2, 0.25) is 0 Å². The number of benzene rings is 1. The van der Waals surface area contributed by atoms with Gasteiger partial charge >= 0.3 is 0 Å². The number of H-pyrrole nitrogens is 1. The highest BCUT2D eigenvalue weighted by Gasteiger charge is 2.26. The molecule has 0 bridgehead atoms. The largest absolute Gasteiger partial charge is 0.361 e. The summed E-state index contributed by atoms with van der Waals surface area (Å²) >= 11 is 5.54. The summed E-state index contributed by atoms with van der Waals surface area (Å²) in [4.78, 5) is 21.8. The predicted octanol–water partition coefficient (Wildman–Crippen LogP) is 4.06. The van der Waals surface area contributed by atoms with Crippen molar-refractivity contribution < 1.29 is 4.79 Å². The average molecular weight is 360 g/mol. The molecule has 1 amide bonds. The quantitative estimate of drug-likeness (QED) is 0.812. The Labute approximate surface area is 156 Å². The van der Waals surface area contributed by atoms with Gasteiger partial charge in [0.25, 0.3) is 0 Å². The molecule has 4 rings (SSSR count). The zero-order chi connectivity index (χ0) is 18.1. The highest BCUT2D eigenvalue weighted by Crippen LogP contribution is 2.36. The number of rotatable bonds is 3. The summed E-state index contributed by atoms with van der Waals surface area (Å²) in [6.45, 7) is 1.49. The molecule has 0 saturated heterocycles. The molecule has 0 saturated carbocycles. The minimum atomic E-state index is -0.111. The van der Waals surface area contributed by atoms with Crippen molar-refractivity contribution in [2.75, 3.05) is 10.2 Å². The fourth-order valence-electron chi connectivity index (χ4n) is 3.05. The number of nitrogens with one attached hydrogen (secondary N) is 2. The van der Waals surface area contributed by atoms with Crippen molar-refractivity contribution in [2.45, 2.75) is 6.92 Å². The Bertz CT molecular complexity index is 1010. The maximum Gasteiger partial charge on any atom is 0.221 e. The van der Waals surface area contributed by atoms with Crippen LogP contribution >= 0.6 is 12.2 Å². The van der Waals surface area contributed by atoms with E-state index >= 15 is 0 Å². The molecule has 26 heavy (non-hydrogen) atoms. The van der Waals surface area contributed by atoms with Crippen LogP contribution in [0.1, 0.15) is 12.6 Å². The van der Waals surface area contributed by atoms with E-state index in [0.717, 1.165) is 34.0 Å². The van der Waals surface area contributed by atoms with E-state index in [1.165, 1.54) is 6.92 Å². The summed E-state index contributed by atoms with van der Waals surface area (Å²) in [6.07, 6.45) is 9.53. The topological polar surface area (TPSA) is 60.5 Å². The van der Waals surface area contributed by atoms with Gasteiger partial charge in [-0.2, -0.15) is 0 Å². The number of hydrogen-bond acceptors (Lipinski definition) is 3. The molecule has 0 atom stereocenters. The van der Waals surface area contributed by atoms with Crippen LogP contribution in [0.5, 0.6) is 0 Å². The molecule has 6 heteroatoms. The normalized spacial score (nSPS) is 18.6. The molecule has 0 fully saturated rings. The average Bonchev–Trinajstić information content (AvgIpc) is 3.34. The molecule has 2 aromatic rings. The Morgan fingerprint density at radius 2 is 2.12 bits per heavy atom. The zero-order valence-electron chi connectivity index (χ0n) is 14.1. The SMILES string of the molecule is CC(=O)Nc1cccc(N2C(=S)C=CC2=C2N=CC=C2c2ccc[nH]2)c1. The van der Waals surface area contributed by atoms with Gasteiger partial charge in [0.15, 0.2) is 0 Å². The number of carbonyl (C=O) groups excluding carboxylic acids is 1. The second-order valence-electron chi connectivity index (χ2n) is 5.91. The molecule has 0 unspecified atom stereocenters. The fraction of sp³-hybridized carbons (Fsp3) is 0.0500. The number of carbonyl (C=O) groups is 1. The summed E-state index contributed by atoms with van der Waals surface area (Å²) < 4.78 is 0. The van der Waals surface area contributed by atoms with E-state index in [4.69, 9.17) is 12.2 Å². The molecule has 3 heterocycles. The lowest BCUT2D eigenvalue weighted by molar-refractivity contribution is -0.114. The Balaban J connectivity index is 1.77. The number of thiocarbonyl (C=S) groups is 1. The van der Waals surface area contributed by atoms with Crippen LogP contribution in [0.15, 0.2) is 77.2 Å². The van der Waals surface area contributed by atoms with Crippen molar-refractivity contribution in [1.29, 1.82) is 0 Å². The van der Waals surface area contributed by atoms with Gasteiger partial charge in [-0.25, -0.2) is 0 Å². The number of hydrogen-bond donors (Lipinski definition) is 2. The molecular weight excluding hydrogens is 344 g/mol. The first-order chi connectivity index (χ1) is 12.6. The zero-order valence-corrected chi connectivity index (χ0v) is 14.9. The summed E-state index contributed by atoms with van der Waals surface area (Å²) in [5.41, 5.74) is 5.38.